The Morgan fingerprint density at radius 2 is 1.89 bits per heavy atom. The second-order valence-corrected chi connectivity index (χ2v) is 5.66. The van der Waals surface area contributed by atoms with Gasteiger partial charge in [-0.15, -0.1) is 0 Å². The maximum absolute atomic E-state index is 13.5. The van der Waals surface area contributed by atoms with E-state index in [1.54, 1.807) is 12.1 Å². The number of ether oxygens (including phenoxy) is 1. The molecule has 0 amide bonds. The third-order valence-electron chi connectivity index (χ3n) is 2.63. The summed E-state index contributed by atoms with van der Waals surface area (Å²) < 4.78 is 20.4. The van der Waals surface area contributed by atoms with Crippen LogP contribution in [0.3, 0.4) is 0 Å². The van der Waals surface area contributed by atoms with E-state index in [1.165, 1.54) is 13.2 Å². The van der Waals surface area contributed by atoms with Gasteiger partial charge in [-0.2, -0.15) is 0 Å². The summed E-state index contributed by atoms with van der Waals surface area (Å²) in [5, 5.41) is 3.17. The number of nitrogens with one attached hydrogen (secondary N) is 1. The SMILES string of the molecule is COc1ccc(NCc2ccc(Br)c(Br)c2)cc1F. The highest BCUT2D eigenvalue weighted by Gasteiger charge is 2.04. The predicted molar refractivity (Wildman–Crippen MR) is 82.1 cm³/mol. The molecule has 0 bridgehead atoms. The van der Waals surface area contributed by atoms with Crippen LogP contribution in [0.4, 0.5) is 10.1 Å². The van der Waals surface area contributed by atoms with E-state index in [4.69, 9.17) is 4.74 Å². The zero-order valence-corrected chi connectivity index (χ0v) is 13.4. The van der Waals surface area contributed by atoms with E-state index in [0.717, 1.165) is 20.2 Å². The first-order chi connectivity index (χ1) is 9.10. The Kier molecular flexibility index (Phi) is 4.82. The lowest BCUT2D eigenvalue weighted by Crippen LogP contribution is -2.00. The van der Waals surface area contributed by atoms with Crippen molar-refractivity contribution in [1.29, 1.82) is 0 Å². The van der Waals surface area contributed by atoms with Gasteiger partial charge in [-0.05, 0) is 61.7 Å². The highest BCUT2D eigenvalue weighted by molar-refractivity contribution is 9.13. The summed E-state index contributed by atoms with van der Waals surface area (Å²) in [6.07, 6.45) is 0. The molecule has 0 atom stereocenters. The van der Waals surface area contributed by atoms with Crippen molar-refractivity contribution >= 4 is 37.5 Å². The van der Waals surface area contributed by atoms with Crippen LogP contribution in [0.1, 0.15) is 5.56 Å². The maximum atomic E-state index is 13.5. The Labute approximate surface area is 128 Å². The average Bonchev–Trinajstić information content (AvgIpc) is 2.40. The van der Waals surface area contributed by atoms with Crippen LogP contribution < -0.4 is 10.1 Å². The van der Waals surface area contributed by atoms with Crippen molar-refractivity contribution in [3.8, 4) is 5.75 Å². The van der Waals surface area contributed by atoms with E-state index >= 15 is 0 Å². The quantitative estimate of drug-likeness (QED) is 0.798. The minimum absolute atomic E-state index is 0.247. The van der Waals surface area contributed by atoms with Crippen LogP contribution in [-0.2, 0) is 6.54 Å². The molecule has 2 aromatic rings. The van der Waals surface area contributed by atoms with Crippen LogP contribution in [0.2, 0.25) is 0 Å². The summed E-state index contributed by atoms with van der Waals surface area (Å²) >= 11 is 6.87. The fraction of sp³-hybridized carbons (Fsp3) is 0.143. The topological polar surface area (TPSA) is 21.3 Å². The number of benzene rings is 2. The second-order valence-electron chi connectivity index (χ2n) is 3.95. The Hall–Kier alpha value is -1.07. The molecule has 5 heteroatoms. The summed E-state index contributed by atoms with van der Waals surface area (Å²) in [5.41, 5.74) is 1.82. The van der Waals surface area contributed by atoms with Crippen LogP contribution in [0.15, 0.2) is 45.3 Å². The highest BCUT2D eigenvalue weighted by atomic mass is 79.9. The molecular weight excluding hydrogens is 377 g/mol. The molecule has 19 heavy (non-hydrogen) atoms. The highest BCUT2D eigenvalue weighted by Crippen LogP contribution is 2.25. The molecule has 0 unspecified atom stereocenters. The van der Waals surface area contributed by atoms with Crippen molar-refractivity contribution in [2.75, 3.05) is 12.4 Å². The zero-order valence-electron chi connectivity index (χ0n) is 10.2. The molecule has 0 aliphatic rings. The van der Waals surface area contributed by atoms with Gasteiger partial charge in [-0.1, -0.05) is 6.07 Å². The molecule has 2 rings (SSSR count). The third kappa shape index (κ3) is 3.70. The Morgan fingerprint density at radius 3 is 2.53 bits per heavy atom. The van der Waals surface area contributed by atoms with Crippen molar-refractivity contribution in [2.24, 2.45) is 0 Å². The molecule has 0 aliphatic carbocycles. The molecular formula is C14H12Br2FNO. The lowest BCUT2D eigenvalue weighted by Gasteiger charge is -2.09. The minimum Gasteiger partial charge on any atom is -0.494 e. The fourth-order valence-corrected chi connectivity index (χ4v) is 2.30. The minimum atomic E-state index is -0.371. The number of halogens is 3. The average molecular weight is 389 g/mol. The van der Waals surface area contributed by atoms with E-state index < -0.39 is 0 Å². The zero-order chi connectivity index (χ0) is 13.8. The van der Waals surface area contributed by atoms with Crippen molar-refractivity contribution < 1.29 is 9.13 Å². The lowest BCUT2D eigenvalue weighted by molar-refractivity contribution is 0.386. The molecule has 100 valence electrons. The van der Waals surface area contributed by atoms with Gasteiger partial charge in [-0.3, -0.25) is 0 Å². The van der Waals surface area contributed by atoms with Gasteiger partial charge < -0.3 is 10.1 Å². The van der Waals surface area contributed by atoms with E-state index in [-0.39, 0.29) is 11.6 Å². The number of hydrogen-bond donors (Lipinski definition) is 1. The van der Waals surface area contributed by atoms with Gasteiger partial charge in [0.1, 0.15) is 0 Å². The molecule has 2 aromatic carbocycles. The molecule has 0 spiro atoms. The van der Waals surface area contributed by atoms with Crippen LogP contribution in [0.5, 0.6) is 5.75 Å². The van der Waals surface area contributed by atoms with E-state index in [2.05, 4.69) is 37.2 Å². The van der Waals surface area contributed by atoms with Gasteiger partial charge in [0.15, 0.2) is 11.6 Å². The van der Waals surface area contributed by atoms with Gasteiger partial charge >= 0.3 is 0 Å². The predicted octanol–water partition coefficient (Wildman–Crippen LogP) is 4.97. The van der Waals surface area contributed by atoms with Crippen molar-refractivity contribution in [3.63, 3.8) is 0 Å². The van der Waals surface area contributed by atoms with Crippen LogP contribution in [0.25, 0.3) is 0 Å². The van der Waals surface area contributed by atoms with Crippen molar-refractivity contribution in [3.05, 3.63) is 56.7 Å². The number of methoxy groups -OCH3 is 1. The second kappa shape index (κ2) is 6.39. The summed E-state index contributed by atoms with van der Waals surface area (Å²) in [6, 6.07) is 10.8. The molecule has 1 N–H and O–H groups in total. The van der Waals surface area contributed by atoms with E-state index in [1.807, 2.05) is 18.2 Å². The largest absolute Gasteiger partial charge is 0.494 e. The van der Waals surface area contributed by atoms with Crippen LogP contribution in [0, 0.1) is 5.82 Å². The number of anilines is 1. The van der Waals surface area contributed by atoms with Gasteiger partial charge in [0.25, 0.3) is 0 Å². The van der Waals surface area contributed by atoms with E-state index in [9.17, 15) is 4.39 Å². The van der Waals surface area contributed by atoms with Crippen molar-refractivity contribution in [2.45, 2.75) is 6.54 Å². The van der Waals surface area contributed by atoms with Gasteiger partial charge in [0.2, 0.25) is 0 Å². The first-order valence-electron chi connectivity index (χ1n) is 5.61. The Bertz CT molecular complexity index is 590. The van der Waals surface area contributed by atoms with Crippen LogP contribution >= 0.6 is 31.9 Å². The van der Waals surface area contributed by atoms with Gasteiger partial charge in [0, 0.05) is 27.2 Å². The Morgan fingerprint density at radius 1 is 1.11 bits per heavy atom. The molecule has 0 radical (unpaired) electrons. The van der Waals surface area contributed by atoms with E-state index in [0.29, 0.717) is 6.54 Å². The molecule has 2 nitrogen and oxygen atoms in total. The fourth-order valence-electron chi connectivity index (χ4n) is 1.63. The molecule has 0 saturated heterocycles. The lowest BCUT2D eigenvalue weighted by atomic mass is 10.2. The standard InChI is InChI=1S/C14H12Br2FNO/c1-19-14-5-3-10(7-13(14)17)18-8-9-2-4-11(15)12(16)6-9/h2-7,18H,8H2,1H3. The van der Waals surface area contributed by atoms with Crippen LogP contribution in [-0.4, -0.2) is 7.11 Å². The van der Waals surface area contributed by atoms with Gasteiger partial charge in [-0.25, -0.2) is 4.39 Å². The molecule has 0 fully saturated rings. The van der Waals surface area contributed by atoms with Crippen molar-refractivity contribution in [1.82, 2.24) is 0 Å². The third-order valence-corrected chi connectivity index (χ3v) is 4.51. The summed E-state index contributed by atoms with van der Waals surface area (Å²) in [4.78, 5) is 0. The summed E-state index contributed by atoms with van der Waals surface area (Å²) in [6.45, 7) is 0.623. The normalized spacial score (nSPS) is 10.3. The maximum Gasteiger partial charge on any atom is 0.167 e. The van der Waals surface area contributed by atoms with Gasteiger partial charge in [0.05, 0.1) is 7.11 Å². The molecule has 0 heterocycles. The molecule has 0 aromatic heterocycles. The number of hydrogen-bond acceptors (Lipinski definition) is 2. The first kappa shape index (κ1) is 14.3. The monoisotopic (exact) mass is 387 g/mol. The summed E-state index contributed by atoms with van der Waals surface area (Å²) in [5.74, 6) is -0.124. The Balaban J connectivity index is 2.05. The summed E-state index contributed by atoms with van der Waals surface area (Å²) in [7, 11) is 1.45. The molecule has 0 aliphatic heterocycles. The smallest absolute Gasteiger partial charge is 0.167 e. The number of rotatable bonds is 4. The molecule has 0 saturated carbocycles. The first-order valence-corrected chi connectivity index (χ1v) is 7.20.